The molecule has 1 aliphatic heterocycles. The average molecular weight is 505 g/mol. The van der Waals surface area contributed by atoms with Crippen LogP contribution in [0.1, 0.15) is 61.8 Å². The molecule has 1 aromatic carbocycles. The van der Waals surface area contributed by atoms with Gasteiger partial charge in [0.1, 0.15) is 12.4 Å². The molecule has 1 aromatic heterocycles. The number of nitrogens with zero attached hydrogens (tertiary/aromatic N) is 3. The number of aromatic nitrogens is 2. The molecule has 1 aliphatic rings. The van der Waals surface area contributed by atoms with Crippen molar-refractivity contribution in [1.82, 2.24) is 9.55 Å². The highest BCUT2D eigenvalue weighted by Crippen LogP contribution is 2.42. The van der Waals surface area contributed by atoms with Crippen molar-refractivity contribution in [1.29, 1.82) is 0 Å². The number of carbonyl (C=O) groups excluding carboxylic acids is 1. The van der Waals surface area contributed by atoms with Crippen molar-refractivity contribution in [3.8, 4) is 5.75 Å². The molecule has 2 N–H and O–H groups in total. The van der Waals surface area contributed by atoms with Gasteiger partial charge in [-0.25, -0.2) is 4.98 Å². The molecule has 8 nitrogen and oxygen atoms in total. The third-order valence-corrected chi connectivity index (χ3v) is 13.2. The van der Waals surface area contributed by atoms with E-state index in [9.17, 15) is 4.79 Å². The molecule has 1 amide bonds. The van der Waals surface area contributed by atoms with Gasteiger partial charge in [-0.2, -0.15) is 0 Å². The first-order chi connectivity index (χ1) is 16.5. The number of carbonyl (C=O) groups is 1. The van der Waals surface area contributed by atoms with Gasteiger partial charge in [0.05, 0.1) is 29.4 Å². The first-order valence-electron chi connectivity index (χ1n) is 13.0. The monoisotopic (exact) mass is 504 g/mol. The molecule has 0 aliphatic carbocycles. The molecule has 35 heavy (non-hydrogen) atoms. The summed E-state index contributed by atoms with van der Waals surface area (Å²) in [5, 5.41) is 0. The number of benzene rings is 1. The van der Waals surface area contributed by atoms with Gasteiger partial charge in [0.25, 0.3) is 5.91 Å². The van der Waals surface area contributed by atoms with Gasteiger partial charge < -0.3 is 29.1 Å². The maximum Gasteiger partial charge on any atom is 0.253 e. The zero-order chi connectivity index (χ0) is 25.9. The van der Waals surface area contributed by atoms with Crippen LogP contribution in [-0.4, -0.2) is 56.2 Å². The Morgan fingerprint density at radius 1 is 1.09 bits per heavy atom. The van der Waals surface area contributed by atoms with E-state index in [1.54, 1.807) is 4.90 Å². The molecular formula is C26H44N4O4Si. The summed E-state index contributed by atoms with van der Waals surface area (Å²) in [5.41, 5.74) is 10.4. The number of hydrogen-bond acceptors (Lipinski definition) is 6. The van der Waals surface area contributed by atoms with Crippen LogP contribution in [0, 0.1) is 0 Å². The standard InChI is InChI=1S/C26H44N4O4Si/c1-17(2)34-24-15-22-21(14-23(24)29-11-13-32-16-25(29)31)28-26(27)30(22)10-9-12-33-35(18(3)4,19(5)6)20(7)8/h14-15,17-20H,9-13,16H2,1-8H3,(H2,27,28). The van der Waals surface area contributed by atoms with Gasteiger partial charge in [-0.15, -0.1) is 0 Å². The number of ether oxygens (including phenoxy) is 2. The van der Waals surface area contributed by atoms with E-state index in [-0.39, 0.29) is 18.6 Å². The first kappa shape index (κ1) is 27.5. The molecule has 0 spiro atoms. The smallest absolute Gasteiger partial charge is 0.253 e. The number of fused-ring (bicyclic) bond motifs is 1. The Hall–Kier alpha value is -2.10. The van der Waals surface area contributed by atoms with Crippen LogP contribution in [0.2, 0.25) is 16.6 Å². The van der Waals surface area contributed by atoms with Crippen molar-refractivity contribution < 1.29 is 18.7 Å². The highest BCUT2D eigenvalue weighted by atomic mass is 28.4. The second-order valence-corrected chi connectivity index (χ2v) is 16.2. The van der Waals surface area contributed by atoms with Gasteiger partial charge in [-0.05, 0) is 43.0 Å². The number of hydrogen-bond donors (Lipinski definition) is 1. The zero-order valence-corrected chi connectivity index (χ0v) is 23.8. The number of anilines is 2. The molecular weight excluding hydrogens is 460 g/mol. The molecule has 1 saturated heterocycles. The Bertz CT molecular complexity index is 997. The second kappa shape index (κ2) is 11.3. The summed E-state index contributed by atoms with van der Waals surface area (Å²) in [5.74, 6) is 1.04. The predicted molar refractivity (Wildman–Crippen MR) is 145 cm³/mol. The lowest BCUT2D eigenvalue weighted by Gasteiger charge is -2.42. The molecule has 0 radical (unpaired) electrons. The molecule has 3 rings (SSSR count). The molecule has 196 valence electrons. The van der Waals surface area contributed by atoms with Gasteiger partial charge in [0, 0.05) is 25.8 Å². The Kier molecular flexibility index (Phi) is 8.88. The number of nitrogens with two attached hydrogens (primary N) is 1. The fourth-order valence-electron chi connectivity index (χ4n) is 5.70. The number of rotatable bonds is 11. The summed E-state index contributed by atoms with van der Waals surface area (Å²) in [6.07, 6.45) is 0.811. The van der Waals surface area contributed by atoms with Crippen LogP contribution in [0.4, 0.5) is 11.6 Å². The minimum Gasteiger partial charge on any atom is -0.489 e. The van der Waals surface area contributed by atoms with E-state index in [1.807, 2.05) is 30.5 Å². The summed E-state index contributed by atoms with van der Waals surface area (Å²) < 4.78 is 20.2. The van der Waals surface area contributed by atoms with E-state index >= 15 is 0 Å². The van der Waals surface area contributed by atoms with Crippen LogP contribution >= 0.6 is 0 Å². The molecule has 1 fully saturated rings. The average Bonchev–Trinajstić information content (AvgIpc) is 3.06. The zero-order valence-electron chi connectivity index (χ0n) is 22.8. The third kappa shape index (κ3) is 5.67. The van der Waals surface area contributed by atoms with E-state index in [0.29, 0.717) is 60.3 Å². The number of aryl methyl sites for hydroxylation is 1. The van der Waals surface area contributed by atoms with E-state index in [2.05, 4.69) is 46.5 Å². The maximum absolute atomic E-state index is 12.5. The lowest BCUT2D eigenvalue weighted by molar-refractivity contribution is -0.125. The molecule has 2 heterocycles. The van der Waals surface area contributed by atoms with Crippen LogP contribution in [0.5, 0.6) is 5.75 Å². The van der Waals surface area contributed by atoms with Crippen molar-refractivity contribution in [2.75, 3.05) is 37.0 Å². The Morgan fingerprint density at radius 2 is 1.74 bits per heavy atom. The van der Waals surface area contributed by atoms with Gasteiger partial charge >= 0.3 is 0 Å². The first-order valence-corrected chi connectivity index (χ1v) is 15.1. The molecule has 0 saturated carbocycles. The highest BCUT2D eigenvalue weighted by Gasteiger charge is 2.44. The van der Waals surface area contributed by atoms with Gasteiger partial charge in [-0.3, -0.25) is 4.79 Å². The van der Waals surface area contributed by atoms with E-state index in [1.165, 1.54) is 0 Å². The summed E-state index contributed by atoms with van der Waals surface area (Å²) >= 11 is 0. The lowest BCUT2D eigenvalue weighted by Crippen LogP contribution is -2.48. The summed E-state index contributed by atoms with van der Waals surface area (Å²) in [6, 6.07) is 3.88. The highest BCUT2D eigenvalue weighted by molar-refractivity contribution is 6.77. The largest absolute Gasteiger partial charge is 0.489 e. The summed E-state index contributed by atoms with van der Waals surface area (Å²) in [4.78, 5) is 18.9. The number of morpholine rings is 1. The molecule has 0 bridgehead atoms. The van der Waals surface area contributed by atoms with Crippen LogP contribution in [0.15, 0.2) is 12.1 Å². The minimum absolute atomic E-state index is 0.0364. The van der Waals surface area contributed by atoms with Crippen molar-refractivity contribution in [3.05, 3.63) is 12.1 Å². The number of amides is 1. The topological polar surface area (TPSA) is 91.8 Å². The van der Waals surface area contributed by atoms with Gasteiger partial charge in [-0.1, -0.05) is 41.5 Å². The minimum atomic E-state index is -1.90. The second-order valence-electron chi connectivity index (χ2n) is 10.7. The third-order valence-electron chi connectivity index (χ3n) is 7.08. The molecule has 2 aromatic rings. The van der Waals surface area contributed by atoms with E-state index in [4.69, 9.17) is 19.6 Å². The lowest BCUT2D eigenvalue weighted by atomic mass is 10.2. The fourth-order valence-corrected chi connectivity index (χ4v) is 11.2. The molecule has 9 heteroatoms. The van der Waals surface area contributed by atoms with Gasteiger partial charge in [0.2, 0.25) is 5.95 Å². The van der Waals surface area contributed by atoms with Gasteiger partial charge in [0.15, 0.2) is 8.32 Å². The van der Waals surface area contributed by atoms with Crippen LogP contribution < -0.4 is 15.4 Å². The van der Waals surface area contributed by atoms with Crippen molar-refractivity contribution >= 4 is 36.9 Å². The molecule has 0 unspecified atom stereocenters. The Balaban J connectivity index is 1.85. The summed E-state index contributed by atoms with van der Waals surface area (Å²) in [7, 11) is -1.90. The Labute approximate surface area is 211 Å². The van der Waals surface area contributed by atoms with Crippen molar-refractivity contribution in [2.24, 2.45) is 0 Å². The van der Waals surface area contributed by atoms with E-state index in [0.717, 1.165) is 17.5 Å². The van der Waals surface area contributed by atoms with Crippen molar-refractivity contribution in [2.45, 2.75) is 91.1 Å². The number of nitrogen functional groups attached to an aromatic ring is 1. The molecule has 0 atom stereocenters. The normalized spacial score (nSPS) is 15.4. The van der Waals surface area contributed by atoms with Crippen LogP contribution in [0.3, 0.4) is 0 Å². The number of imidazole rings is 1. The quantitative estimate of drug-likeness (QED) is 0.328. The summed E-state index contributed by atoms with van der Waals surface area (Å²) in [6.45, 7) is 20.3. The van der Waals surface area contributed by atoms with Crippen molar-refractivity contribution in [3.63, 3.8) is 0 Å². The Morgan fingerprint density at radius 3 is 2.31 bits per heavy atom. The van der Waals surface area contributed by atoms with Crippen LogP contribution in [-0.2, 0) is 20.5 Å². The van der Waals surface area contributed by atoms with E-state index < -0.39 is 8.32 Å². The van der Waals surface area contributed by atoms with Crippen LogP contribution in [0.25, 0.3) is 11.0 Å². The fraction of sp³-hybridized carbons (Fsp3) is 0.692. The maximum atomic E-state index is 12.5. The predicted octanol–water partition coefficient (Wildman–Crippen LogP) is 5.35. The SMILES string of the molecule is CC(C)Oc1cc2c(cc1N1CCOCC1=O)nc(N)n2CCCO[Si](C(C)C)(C(C)C)C(C)C.